The number of aryl methyl sites for hydroxylation is 1. The van der Waals surface area contributed by atoms with Crippen LogP contribution < -0.4 is 4.90 Å². The molecule has 3 rings (SSSR count). The largest absolute Gasteiger partial charge is 0.310 e. The van der Waals surface area contributed by atoms with Crippen molar-refractivity contribution in [3.05, 3.63) is 89.7 Å². The van der Waals surface area contributed by atoms with Gasteiger partial charge in [0.2, 0.25) is 0 Å². The molecule has 0 unspecified atom stereocenters. The van der Waals surface area contributed by atoms with Crippen LogP contribution in [0.4, 0.5) is 30.2 Å². The van der Waals surface area contributed by atoms with Gasteiger partial charge in [-0.2, -0.15) is 0 Å². The highest BCUT2D eigenvalue weighted by molar-refractivity contribution is 5.76. The fourth-order valence-corrected chi connectivity index (χ4v) is 2.37. The average molecular weight is 313 g/mol. The van der Waals surface area contributed by atoms with Crippen molar-refractivity contribution in [2.24, 2.45) is 0 Å². The maximum atomic E-state index is 14.0. The van der Waals surface area contributed by atoms with E-state index in [9.17, 15) is 13.2 Å². The molecular formula is C19H14F3N. The zero-order valence-corrected chi connectivity index (χ0v) is 12.4. The molecule has 0 bridgehead atoms. The van der Waals surface area contributed by atoms with Crippen molar-refractivity contribution in [3.63, 3.8) is 0 Å². The Labute approximate surface area is 132 Å². The summed E-state index contributed by atoms with van der Waals surface area (Å²) in [6.45, 7) is 1.67. The molecule has 0 amide bonds. The Bertz CT molecular complexity index is 780. The minimum Gasteiger partial charge on any atom is -0.310 e. The molecule has 0 aliphatic heterocycles. The number of hydrogen-bond acceptors (Lipinski definition) is 1. The van der Waals surface area contributed by atoms with Crippen molar-refractivity contribution in [3.8, 4) is 0 Å². The van der Waals surface area contributed by atoms with Gasteiger partial charge in [-0.15, -0.1) is 0 Å². The number of benzene rings is 3. The van der Waals surface area contributed by atoms with E-state index < -0.39 is 11.6 Å². The summed E-state index contributed by atoms with van der Waals surface area (Å²) in [6.07, 6.45) is 0. The highest BCUT2D eigenvalue weighted by Gasteiger charge is 2.15. The molecule has 3 aromatic rings. The summed E-state index contributed by atoms with van der Waals surface area (Å²) in [4.78, 5) is 1.67. The third-order valence-electron chi connectivity index (χ3n) is 3.59. The Balaban J connectivity index is 2.17. The van der Waals surface area contributed by atoms with Gasteiger partial charge in [-0.05, 0) is 48.9 Å². The van der Waals surface area contributed by atoms with Crippen molar-refractivity contribution >= 4 is 17.1 Å². The third kappa shape index (κ3) is 3.06. The van der Waals surface area contributed by atoms with Crippen LogP contribution >= 0.6 is 0 Å². The van der Waals surface area contributed by atoms with Crippen LogP contribution in [0.5, 0.6) is 0 Å². The van der Waals surface area contributed by atoms with Crippen LogP contribution in [-0.4, -0.2) is 0 Å². The van der Waals surface area contributed by atoms with Gasteiger partial charge in [0.15, 0.2) is 11.6 Å². The summed E-state index contributed by atoms with van der Waals surface area (Å²) in [6, 6.07) is 17.5. The first kappa shape index (κ1) is 15.2. The fraction of sp³-hybridized carbons (Fsp3) is 0.0526. The third-order valence-corrected chi connectivity index (χ3v) is 3.59. The number of nitrogens with zero attached hydrogens (tertiary/aromatic N) is 1. The van der Waals surface area contributed by atoms with Crippen molar-refractivity contribution < 1.29 is 13.2 Å². The van der Waals surface area contributed by atoms with Gasteiger partial charge >= 0.3 is 0 Å². The molecule has 0 spiro atoms. The topological polar surface area (TPSA) is 3.24 Å². The van der Waals surface area contributed by atoms with Gasteiger partial charge in [-0.1, -0.05) is 24.3 Å². The second-order valence-corrected chi connectivity index (χ2v) is 5.20. The smallest absolute Gasteiger partial charge is 0.160 e. The molecule has 4 heteroatoms. The first-order valence-electron chi connectivity index (χ1n) is 7.12. The average Bonchev–Trinajstić information content (AvgIpc) is 2.55. The van der Waals surface area contributed by atoms with Crippen LogP contribution in [-0.2, 0) is 0 Å². The van der Waals surface area contributed by atoms with Gasteiger partial charge in [0.05, 0.1) is 0 Å². The highest BCUT2D eigenvalue weighted by Crippen LogP contribution is 2.35. The van der Waals surface area contributed by atoms with Crippen LogP contribution in [0.2, 0.25) is 0 Å². The lowest BCUT2D eigenvalue weighted by Gasteiger charge is -2.25. The van der Waals surface area contributed by atoms with Gasteiger partial charge in [-0.3, -0.25) is 0 Å². The number of halogens is 3. The van der Waals surface area contributed by atoms with Crippen molar-refractivity contribution in [2.45, 2.75) is 6.92 Å². The lowest BCUT2D eigenvalue weighted by Crippen LogP contribution is -2.11. The molecule has 0 atom stereocenters. The van der Waals surface area contributed by atoms with Crippen LogP contribution in [0.15, 0.2) is 66.7 Å². The van der Waals surface area contributed by atoms with Gasteiger partial charge in [0.1, 0.15) is 5.82 Å². The fourth-order valence-electron chi connectivity index (χ4n) is 2.37. The van der Waals surface area contributed by atoms with E-state index in [1.807, 2.05) is 30.3 Å². The zero-order chi connectivity index (χ0) is 16.4. The van der Waals surface area contributed by atoms with Gasteiger partial charge in [0, 0.05) is 23.1 Å². The molecule has 23 heavy (non-hydrogen) atoms. The van der Waals surface area contributed by atoms with E-state index in [0.717, 1.165) is 17.8 Å². The van der Waals surface area contributed by atoms with Crippen molar-refractivity contribution in [2.75, 3.05) is 4.90 Å². The minimum absolute atomic E-state index is 0.356. The van der Waals surface area contributed by atoms with Gasteiger partial charge in [0.25, 0.3) is 0 Å². The second-order valence-electron chi connectivity index (χ2n) is 5.20. The van der Waals surface area contributed by atoms with Crippen molar-refractivity contribution in [1.29, 1.82) is 0 Å². The van der Waals surface area contributed by atoms with E-state index >= 15 is 0 Å². The quantitative estimate of drug-likeness (QED) is 0.583. The molecule has 0 saturated carbocycles. The maximum Gasteiger partial charge on any atom is 0.160 e. The Morgan fingerprint density at radius 2 is 1.22 bits per heavy atom. The molecule has 0 fully saturated rings. The molecule has 116 valence electrons. The molecular weight excluding hydrogens is 299 g/mol. The van der Waals surface area contributed by atoms with Gasteiger partial charge < -0.3 is 4.90 Å². The monoisotopic (exact) mass is 313 g/mol. The van der Waals surface area contributed by atoms with E-state index in [2.05, 4.69) is 0 Å². The lowest BCUT2D eigenvalue weighted by atomic mass is 10.1. The molecule has 0 aliphatic rings. The molecule has 0 saturated heterocycles. The predicted octanol–water partition coefficient (Wildman–Crippen LogP) is 5.88. The summed E-state index contributed by atoms with van der Waals surface area (Å²) in [7, 11) is 0. The van der Waals surface area contributed by atoms with Crippen LogP contribution in [0, 0.1) is 24.4 Å². The molecule has 0 N–H and O–H groups in total. The summed E-state index contributed by atoms with van der Waals surface area (Å²) < 4.78 is 40.8. The van der Waals surface area contributed by atoms with E-state index in [0.29, 0.717) is 16.9 Å². The Kier molecular flexibility index (Phi) is 4.06. The molecule has 0 heterocycles. The highest BCUT2D eigenvalue weighted by atomic mass is 19.2. The standard InChI is InChI=1S/C19H14F3N/c1-13-7-8-15(11-18(13)21)23(14-5-3-2-4-6-14)16-9-10-17(20)19(22)12-16/h2-12H,1H3. The molecule has 0 aromatic heterocycles. The Hall–Kier alpha value is -2.75. The van der Waals surface area contributed by atoms with E-state index in [4.69, 9.17) is 0 Å². The molecule has 0 radical (unpaired) electrons. The summed E-state index contributed by atoms with van der Waals surface area (Å²) >= 11 is 0. The van der Waals surface area contributed by atoms with Crippen LogP contribution in [0.25, 0.3) is 0 Å². The second kappa shape index (κ2) is 6.16. The number of para-hydroxylation sites is 1. The molecule has 1 nitrogen and oxygen atoms in total. The Morgan fingerprint density at radius 1 is 0.609 bits per heavy atom. The first-order chi connectivity index (χ1) is 11.1. The minimum atomic E-state index is -0.948. The molecule has 3 aromatic carbocycles. The number of hydrogen-bond donors (Lipinski definition) is 0. The van der Waals surface area contributed by atoms with E-state index in [1.165, 1.54) is 12.1 Å². The SMILES string of the molecule is Cc1ccc(N(c2ccccc2)c2ccc(F)c(F)c2)cc1F. The first-order valence-corrected chi connectivity index (χ1v) is 7.12. The Morgan fingerprint density at radius 3 is 1.83 bits per heavy atom. The lowest BCUT2D eigenvalue weighted by molar-refractivity contribution is 0.509. The maximum absolute atomic E-state index is 14.0. The van der Waals surface area contributed by atoms with Crippen LogP contribution in [0.1, 0.15) is 5.56 Å². The normalized spacial score (nSPS) is 10.6. The van der Waals surface area contributed by atoms with Gasteiger partial charge in [-0.25, -0.2) is 13.2 Å². The molecule has 0 aliphatic carbocycles. The van der Waals surface area contributed by atoms with Crippen molar-refractivity contribution in [1.82, 2.24) is 0 Å². The van der Waals surface area contributed by atoms with Crippen LogP contribution in [0.3, 0.4) is 0 Å². The zero-order valence-electron chi connectivity index (χ0n) is 12.4. The summed E-state index contributed by atoms with van der Waals surface area (Å²) in [5, 5.41) is 0. The summed E-state index contributed by atoms with van der Waals surface area (Å²) in [5.74, 6) is -2.22. The van der Waals surface area contributed by atoms with E-state index in [1.54, 1.807) is 24.0 Å². The predicted molar refractivity (Wildman–Crippen MR) is 85.7 cm³/mol. The van der Waals surface area contributed by atoms with E-state index in [-0.39, 0.29) is 5.82 Å². The number of anilines is 3. The summed E-state index contributed by atoms with van der Waals surface area (Å²) in [5.41, 5.74) is 2.19. The number of rotatable bonds is 3.